The monoisotopic (exact) mass is 229 g/mol. The maximum absolute atomic E-state index is 11.8. The molecule has 0 bridgehead atoms. The number of rotatable bonds is 0. The molecule has 0 aromatic rings. The Bertz CT molecular complexity index is 247. The lowest BCUT2D eigenvalue weighted by Gasteiger charge is -2.39. The van der Waals surface area contributed by atoms with E-state index in [1.807, 2.05) is 34.6 Å². The molecule has 0 saturated carbocycles. The van der Waals surface area contributed by atoms with Crippen LogP contribution in [0, 0.1) is 11.8 Å². The highest BCUT2D eigenvalue weighted by Crippen LogP contribution is 2.23. The maximum Gasteiger partial charge on any atom is 0.410 e. The van der Waals surface area contributed by atoms with E-state index in [-0.39, 0.29) is 24.0 Å². The zero-order valence-corrected chi connectivity index (χ0v) is 10.9. The van der Waals surface area contributed by atoms with Crippen LogP contribution in [0.4, 0.5) is 4.79 Å². The summed E-state index contributed by atoms with van der Waals surface area (Å²) in [6.45, 7) is 10.6. The first kappa shape index (κ1) is 13.3. The van der Waals surface area contributed by atoms with Gasteiger partial charge >= 0.3 is 6.09 Å². The van der Waals surface area contributed by atoms with Crippen LogP contribution in [-0.2, 0) is 4.74 Å². The molecule has 0 spiro atoms. The Hall–Kier alpha value is -0.770. The van der Waals surface area contributed by atoms with Gasteiger partial charge in [-0.25, -0.2) is 4.79 Å². The Morgan fingerprint density at radius 2 is 1.69 bits per heavy atom. The van der Waals surface area contributed by atoms with Gasteiger partial charge in [0.05, 0.1) is 6.10 Å². The predicted molar refractivity (Wildman–Crippen MR) is 62.1 cm³/mol. The fourth-order valence-corrected chi connectivity index (χ4v) is 2.02. The van der Waals surface area contributed by atoms with Crippen molar-refractivity contribution in [3.05, 3.63) is 0 Å². The summed E-state index contributed by atoms with van der Waals surface area (Å²) in [6, 6.07) is 0. The second kappa shape index (κ2) is 4.62. The highest BCUT2D eigenvalue weighted by atomic mass is 16.6. The summed E-state index contributed by atoms with van der Waals surface area (Å²) in [5, 5.41) is 9.80. The molecule has 0 aromatic heterocycles. The van der Waals surface area contributed by atoms with Gasteiger partial charge in [0, 0.05) is 24.9 Å². The number of piperidine rings is 1. The minimum atomic E-state index is -0.459. The predicted octanol–water partition coefficient (Wildman–Crippen LogP) is 1.87. The van der Waals surface area contributed by atoms with E-state index >= 15 is 0 Å². The molecule has 1 saturated heterocycles. The van der Waals surface area contributed by atoms with Crippen molar-refractivity contribution in [3.8, 4) is 0 Å². The number of hydrogen-bond acceptors (Lipinski definition) is 3. The topological polar surface area (TPSA) is 49.8 Å². The van der Waals surface area contributed by atoms with Gasteiger partial charge < -0.3 is 14.7 Å². The first-order chi connectivity index (χ1) is 7.20. The van der Waals surface area contributed by atoms with E-state index in [4.69, 9.17) is 4.74 Å². The van der Waals surface area contributed by atoms with Gasteiger partial charge in [0.2, 0.25) is 0 Å². The van der Waals surface area contributed by atoms with Crippen LogP contribution in [-0.4, -0.2) is 40.9 Å². The van der Waals surface area contributed by atoms with Crippen LogP contribution >= 0.6 is 0 Å². The number of likely N-dealkylation sites (tertiary alicyclic amines) is 1. The average molecular weight is 229 g/mol. The number of aliphatic hydroxyl groups is 1. The van der Waals surface area contributed by atoms with Crippen molar-refractivity contribution in [2.75, 3.05) is 13.1 Å². The number of ether oxygens (including phenoxy) is 1. The van der Waals surface area contributed by atoms with Crippen molar-refractivity contribution < 1.29 is 14.6 Å². The summed E-state index contributed by atoms with van der Waals surface area (Å²) >= 11 is 0. The number of hydrogen-bond donors (Lipinski definition) is 1. The van der Waals surface area contributed by atoms with Gasteiger partial charge in [-0.1, -0.05) is 13.8 Å². The molecule has 0 radical (unpaired) electrons. The molecule has 4 heteroatoms. The molecule has 1 rings (SSSR count). The number of carbonyl (C=O) groups excluding carboxylic acids is 1. The Labute approximate surface area is 97.6 Å². The summed E-state index contributed by atoms with van der Waals surface area (Å²) in [4.78, 5) is 13.5. The quantitative estimate of drug-likeness (QED) is 0.690. The molecule has 1 aliphatic rings. The minimum absolute atomic E-state index is 0.108. The lowest BCUT2D eigenvalue weighted by Crippen LogP contribution is -2.50. The van der Waals surface area contributed by atoms with E-state index in [0.717, 1.165) is 0 Å². The standard InChI is InChI=1S/C12H23NO3/c1-8-6-13(7-9(2)10(8)14)11(15)16-12(3,4)5/h8-10,14H,6-7H2,1-5H3. The summed E-state index contributed by atoms with van der Waals surface area (Å²) in [6.07, 6.45) is -0.600. The minimum Gasteiger partial charge on any atom is -0.444 e. The average Bonchev–Trinajstić information content (AvgIpc) is 2.10. The van der Waals surface area contributed by atoms with Crippen molar-refractivity contribution in [1.82, 2.24) is 4.90 Å². The SMILES string of the molecule is CC1CN(C(=O)OC(C)(C)C)CC(C)C1O. The third-order valence-electron chi connectivity index (χ3n) is 2.83. The van der Waals surface area contributed by atoms with Gasteiger partial charge in [-0.15, -0.1) is 0 Å². The van der Waals surface area contributed by atoms with E-state index in [2.05, 4.69) is 0 Å². The van der Waals surface area contributed by atoms with E-state index in [0.29, 0.717) is 13.1 Å². The van der Waals surface area contributed by atoms with Crippen molar-refractivity contribution in [1.29, 1.82) is 0 Å². The zero-order valence-electron chi connectivity index (χ0n) is 10.9. The fourth-order valence-electron chi connectivity index (χ4n) is 2.02. The molecular weight excluding hydrogens is 206 g/mol. The molecule has 1 aliphatic heterocycles. The summed E-state index contributed by atoms with van der Waals surface area (Å²) in [7, 11) is 0. The van der Waals surface area contributed by atoms with Crippen molar-refractivity contribution in [3.63, 3.8) is 0 Å². The lowest BCUT2D eigenvalue weighted by molar-refractivity contribution is -0.0272. The van der Waals surface area contributed by atoms with Crippen LogP contribution in [0.25, 0.3) is 0 Å². The van der Waals surface area contributed by atoms with Gasteiger partial charge in [-0.05, 0) is 20.8 Å². The normalized spacial score (nSPS) is 31.4. The molecule has 16 heavy (non-hydrogen) atoms. The first-order valence-electron chi connectivity index (χ1n) is 5.86. The Balaban J connectivity index is 2.58. The third kappa shape index (κ3) is 3.37. The first-order valence-corrected chi connectivity index (χ1v) is 5.86. The molecular formula is C12H23NO3. The van der Waals surface area contributed by atoms with E-state index in [9.17, 15) is 9.90 Å². The van der Waals surface area contributed by atoms with Crippen LogP contribution in [0.5, 0.6) is 0 Å². The van der Waals surface area contributed by atoms with Crippen LogP contribution in [0.3, 0.4) is 0 Å². The largest absolute Gasteiger partial charge is 0.444 e. The summed E-state index contributed by atoms with van der Waals surface area (Å²) < 4.78 is 5.31. The second-order valence-corrected chi connectivity index (χ2v) is 5.83. The van der Waals surface area contributed by atoms with Gasteiger partial charge in [-0.2, -0.15) is 0 Å². The van der Waals surface area contributed by atoms with Crippen LogP contribution in [0.15, 0.2) is 0 Å². The fraction of sp³-hybridized carbons (Fsp3) is 0.917. The highest BCUT2D eigenvalue weighted by Gasteiger charge is 2.34. The Kier molecular flexibility index (Phi) is 3.84. The van der Waals surface area contributed by atoms with Crippen LogP contribution < -0.4 is 0 Å². The number of amides is 1. The molecule has 1 N–H and O–H groups in total. The molecule has 1 amide bonds. The Morgan fingerprint density at radius 3 is 2.06 bits per heavy atom. The molecule has 1 heterocycles. The smallest absolute Gasteiger partial charge is 0.410 e. The van der Waals surface area contributed by atoms with Crippen molar-refractivity contribution in [2.45, 2.75) is 46.3 Å². The zero-order chi connectivity index (χ0) is 12.5. The second-order valence-electron chi connectivity index (χ2n) is 5.83. The van der Waals surface area contributed by atoms with Gasteiger partial charge in [-0.3, -0.25) is 0 Å². The molecule has 0 aliphatic carbocycles. The van der Waals surface area contributed by atoms with E-state index in [1.54, 1.807) is 4.90 Å². The van der Waals surface area contributed by atoms with Gasteiger partial charge in [0.15, 0.2) is 0 Å². The highest BCUT2D eigenvalue weighted by molar-refractivity contribution is 5.68. The molecule has 2 unspecified atom stereocenters. The van der Waals surface area contributed by atoms with Crippen molar-refractivity contribution >= 4 is 6.09 Å². The molecule has 0 aromatic carbocycles. The molecule has 2 atom stereocenters. The summed E-state index contributed by atoms with van der Waals surface area (Å²) in [5.74, 6) is 0.215. The number of nitrogens with zero attached hydrogens (tertiary/aromatic N) is 1. The molecule has 4 nitrogen and oxygen atoms in total. The van der Waals surface area contributed by atoms with Gasteiger partial charge in [0.1, 0.15) is 5.60 Å². The third-order valence-corrected chi connectivity index (χ3v) is 2.83. The lowest BCUT2D eigenvalue weighted by atomic mass is 9.89. The van der Waals surface area contributed by atoms with Crippen LogP contribution in [0.1, 0.15) is 34.6 Å². The number of aliphatic hydroxyl groups excluding tert-OH is 1. The molecule has 1 fully saturated rings. The van der Waals surface area contributed by atoms with E-state index < -0.39 is 5.60 Å². The van der Waals surface area contributed by atoms with E-state index in [1.165, 1.54) is 0 Å². The summed E-state index contributed by atoms with van der Waals surface area (Å²) in [5.41, 5.74) is -0.459. The van der Waals surface area contributed by atoms with Crippen molar-refractivity contribution in [2.24, 2.45) is 11.8 Å². The number of carbonyl (C=O) groups is 1. The maximum atomic E-state index is 11.8. The van der Waals surface area contributed by atoms with Gasteiger partial charge in [0.25, 0.3) is 0 Å². The molecule has 94 valence electrons. The Morgan fingerprint density at radius 1 is 1.25 bits per heavy atom. The van der Waals surface area contributed by atoms with Crippen LogP contribution in [0.2, 0.25) is 0 Å².